The van der Waals surface area contributed by atoms with Crippen molar-refractivity contribution in [2.75, 3.05) is 44.7 Å². The van der Waals surface area contributed by atoms with E-state index in [4.69, 9.17) is 9.72 Å². The van der Waals surface area contributed by atoms with Crippen LogP contribution in [0.15, 0.2) is 48.5 Å². The van der Waals surface area contributed by atoms with Crippen LogP contribution in [0.5, 0.6) is 11.6 Å². The molecule has 0 atom stereocenters. The Bertz CT molecular complexity index is 1290. The van der Waals surface area contributed by atoms with Gasteiger partial charge in [-0.1, -0.05) is 6.07 Å². The Morgan fingerprint density at radius 1 is 0.973 bits per heavy atom. The van der Waals surface area contributed by atoms with Crippen LogP contribution in [0.4, 0.5) is 23.5 Å². The molecule has 7 nitrogen and oxygen atoms in total. The van der Waals surface area contributed by atoms with Crippen molar-refractivity contribution < 1.29 is 27.1 Å². The summed E-state index contributed by atoms with van der Waals surface area (Å²) in [5.74, 6) is 0.143. The minimum atomic E-state index is -4.48. The zero-order valence-corrected chi connectivity index (χ0v) is 20.1. The number of piperazine rings is 1. The van der Waals surface area contributed by atoms with Crippen molar-refractivity contribution >= 4 is 11.9 Å². The van der Waals surface area contributed by atoms with Crippen LogP contribution in [0.2, 0.25) is 0 Å². The smallest absolute Gasteiger partial charge is 0.416 e. The molecule has 0 unspecified atom stereocenters. The molecule has 1 amide bonds. The van der Waals surface area contributed by atoms with Gasteiger partial charge in [-0.05, 0) is 43.4 Å². The average Bonchev–Trinajstić information content (AvgIpc) is 2.88. The summed E-state index contributed by atoms with van der Waals surface area (Å²) in [7, 11) is 2.05. The molecule has 0 N–H and O–H groups in total. The van der Waals surface area contributed by atoms with Crippen molar-refractivity contribution in [2.24, 2.45) is 0 Å². The maximum Gasteiger partial charge on any atom is 0.416 e. The number of likely N-dealkylation sites (N-methyl/N-ethyl adjacent to an activating group) is 1. The molecule has 0 saturated carbocycles. The quantitative estimate of drug-likeness (QED) is 0.481. The molecule has 1 saturated heterocycles. The van der Waals surface area contributed by atoms with Gasteiger partial charge in [0.2, 0.25) is 11.8 Å². The van der Waals surface area contributed by atoms with Gasteiger partial charge in [0.1, 0.15) is 11.6 Å². The fraction of sp³-hybridized carbons (Fsp3) is 0.346. The third kappa shape index (κ3) is 5.51. The minimum absolute atomic E-state index is 0.114. The molecule has 2 aliphatic heterocycles. The summed E-state index contributed by atoms with van der Waals surface area (Å²) in [6.45, 7) is 3.65. The monoisotopic (exact) mass is 515 g/mol. The van der Waals surface area contributed by atoms with Gasteiger partial charge >= 0.3 is 6.18 Å². The number of hydrogen-bond acceptors (Lipinski definition) is 6. The topological polar surface area (TPSA) is 61.8 Å². The van der Waals surface area contributed by atoms with Crippen molar-refractivity contribution in [3.8, 4) is 11.6 Å². The normalized spacial score (nSPS) is 16.5. The second-order valence-electron chi connectivity index (χ2n) is 9.16. The first-order valence-corrected chi connectivity index (χ1v) is 11.9. The third-order valence-electron chi connectivity index (χ3n) is 6.55. The first-order chi connectivity index (χ1) is 17.7. The van der Waals surface area contributed by atoms with E-state index in [0.29, 0.717) is 24.5 Å². The van der Waals surface area contributed by atoms with Crippen molar-refractivity contribution in [3.05, 3.63) is 76.7 Å². The van der Waals surface area contributed by atoms with E-state index >= 15 is 0 Å². The Balaban J connectivity index is 1.44. The lowest BCUT2D eigenvalue weighted by molar-refractivity contribution is -0.137. The molecule has 194 valence electrons. The highest BCUT2D eigenvalue weighted by Gasteiger charge is 2.32. The molecule has 3 aromatic rings. The number of hydrogen-bond donors (Lipinski definition) is 0. The van der Waals surface area contributed by atoms with E-state index in [1.807, 2.05) is 7.05 Å². The van der Waals surface area contributed by atoms with Crippen LogP contribution in [-0.2, 0) is 19.1 Å². The predicted octanol–water partition coefficient (Wildman–Crippen LogP) is 4.38. The number of carbonyl (C=O) groups is 1. The summed E-state index contributed by atoms with van der Waals surface area (Å²) in [5.41, 5.74) is 0.656. The predicted molar refractivity (Wildman–Crippen MR) is 128 cm³/mol. The Morgan fingerprint density at radius 2 is 1.70 bits per heavy atom. The van der Waals surface area contributed by atoms with Gasteiger partial charge in [-0.2, -0.15) is 18.2 Å². The Labute approximate surface area is 211 Å². The van der Waals surface area contributed by atoms with Crippen LogP contribution in [0, 0.1) is 5.82 Å². The van der Waals surface area contributed by atoms with Gasteiger partial charge in [0.25, 0.3) is 5.91 Å². The number of fused-ring (bicyclic) bond motifs is 1. The van der Waals surface area contributed by atoms with E-state index in [-0.39, 0.29) is 23.7 Å². The number of carbonyl (C=O) groups excluding carboxylic acids is 1. The van der Waals surface area contributed by atoms with Crippen LogP contribution in [0.3, 0.4) is 0 Å². The molecule has 5 rings (SSSR count). The van der Waals surface area contributed by atoms with Gasteiger partial charge in [0.05, 0.1) is 23.4 Å². The molecule has 0 aliphatic carbocycles. The van der Waals surface area contributed by atoms with Crippen molar-refractivity contribution in [3.63, 3.8) is 0 Å². The van der Waals surface area contributed by atoms with Gasteiger partial charge in [-0.25, -0.2) is 9.37 Å². The molecule has 0 spiro atoms. The lowest BCUT2D eigenvalue weighted by atomic mass is 10.0. The lowest BCUT2D eigenvalue weighted by Gasteiger charge is -2.34. The van der Waals surface area contributed by atoms with E-state index < -0.39 is 23.5 Å². The molecular weight excluding hydrogens is 490 g/mol. The number of ether oxygens (including phenoxy) is 1. The van der Waals surface area contributed by atoms with Crippen LogP contribution in [0.1, 0.15) is 27.2 Å². The standard InChI is InChI=1S/C26H25F4N5O2/c1-33-11-13-34(14-12-33)25-31-22-9-10-35(24(36)17-5-7-18(8-6-17)26(28,29)30)16-21(22)23(32-25)37-20-4-2-3-19(27)15-20/h2-8,15H,9-14,16H2,1H3. The van der Waals surface area contributed by atoms with E-state index in [2.05, 4.69) is 14.8 Å². The summed E-state index contributed by atoms with van der Waals surface area (Å²) in [4.78, 5) is 28.4. The van der Waals surface area contributed by atoms with Crippen LogP contribution in [0.25, 0.3) is 0 Å². The molecule has 11 heteroatoms. The fourth-order valence-electron chi connectivity index (χ4n) is 4.40. The van der Waals surface area contributed by atoms with E-state index in [0.717, 1.165) is 44.0 Å². The van der Waals surface area contributed by atoms with E-state index in [1.54, 1.807) is 6.07 Å². The second kappa shape index (κ2) is 9.97. The zero-order valence-electron chi connectivity index (χ0n) is 20.1. The highest BCUT2D eigenvalue weighted by molar-refractivity contribution is 5.94. The summed E-state index contributed by atoms with van der Waals surface area (Å²) in [6.07, 6.45) is -4.06. The average molecular weight is 516 g/mol. The molecule has 1 fully saturated rings. The first-order valence-electron chi connectivity index (χ1n) is 11.9. The Hall–Kier alpha value is -3.73. The molecule has 0 bridgehead atoms. The number of alkyl halides is 3. The van der Waals surface area contributed by atoms with Crippen LogP contribution in [-0.4, -0.2) is 65.4 Å². The third-order valence-corrected chi connectivity index (χ3v) is 6.55. The molecule has 1 aromatic heterocycles. The minimum Gasteiger partial charge on any atom is -0.438 e. The summed E-state index contributed by atoms with van der Waals surface area (Å²) < 4.78 is 58.6. The van der Waals surface area contributed by atoms with Gasteiger partial charge in [-0.3, -0.25) is 4.79 Å². The molecular formula is C26H25F4N5O2. The molecule has 2 aliphatic rings. The number of aromatic nitrogens is 2. The molecule has 0 radical (unpaired) electrons. The van der Waals surface area contributed by atoms with Gasteiger partial charge in [0.15, 0.2) is 0 Å². The lowest BCUT2D eigenvalue weighted by Crippen LogP contribution is -2.45. The highest BCUT2D eigenvalue weighted by atomic mass is 19.4. The van der Waals surface area contributed by atoms with Crippen LogP contribution >= 0.6 is 0 Å². The summed E-state index contributed by atoms with van der Waals surface area (Å²) in [6, 6.07) is 9.85. The number of amides is 1. The van der Waals surface area contributed by atoms with Gasteiger partial charge in [0, 0.05) is 50.8 Å². The number of anilines is 1. The van der Waals surface area contributed by atoms with E-state index in [1.165, 1.54) is 35.2 Å². The van der Waals surface area contributed by atoms with Crippen molar-refractivity contribution in [1.82, 2.24) is 19.8 Å². The fourth-order valence-corrected chi connectivity index (χ4v) is 4.40. The van der Waals surface area contributed by atoms with Gasteiger partial charge < -0.3 is 19.4 Å². The maximum absolute atomic E-state index is 13.8. The van der Waals surface area contributed by atoms with E-state index in [9.17, 15) is 22.4 Å². The van der Waals surface area contributed by atoms with Gasteiger partial charge in [-0.15, -0.1) is 0 Å². The van der Waals surface area contributed by atoms with Crippen LogP contribution < -0.4 is 9.64 Å². The van der Waals surface area contributed by atoms with Crippen molar-refractivity contribution in [1.29, 1.82) is 0 Å². The Kier molecular flexibility index (Phi) is 6.72. The molecule has 37 heavy (non-hydrogen) atoms. The molecule has 3 heterocycles. The number of halogens is 4. The summed E-state index contributed by atoms with van der Waals surface area (Å²) >= 11 is 0. The summed E-state index contributed by atoms with van der Waals surface area (Å²) in [5, 5.41) is 0. The molecule has 2 aromatic carbocycles. The highest BCUT2D eigenvalue weighted by Crippen LogP contribution is 2.33. The maximum atomic E-state index is 13.8. The van der Waals surface area contributed by atoms with Crippen molar-refractivity contribution in [2.45, 2.75) is 19.1 Å². The Morgan fingerprint density at radius 3 is 2.38 bits per heavy atom. The number of benzene rings is 2. The number of nitrogens with zero attached hydrogens (tertiary/aromatic N) is 5. The second-order valence-corrected chi connectivity index (χ2v) is 9.16. The zero-order chi connectivity index (χ0) is 26.2. The number of rotatable bonds is 4. The largest absolute Gasteiger partial charge is 0.438 e. The SMILES string of the molecule is CN1CCN(c2nc3c(c(Oc4cccc(F)c4)n2)CN(C(=O)c2ccc(C(F)(F)F)cc2)CC3)CC1. The first kappa shape index (κ1) is 24.9.